The Morgan fingerprint density at radius 3 is 2.63 bits per heavy atom. The fourth-order valence-corrected chi connectivity index (χ4v) is 2.48. The number of rotatable bonds is 6. The minimum atomic E-state index is -0.0109. The second-order valence-corrected chi connectivity index (χ2v) is 5.56. The highest BCUT2D eigenvalue weighted by atomic mass is 32.2. The van der Waals surface area contributed by atoms with E-state index in [4.69, 9.17) is 10.5 Å². The lowest BCUT2D eigenvalue weighted by Crippen LogP contribution is -2.13. The number of imidazole rings is 1. The molecule has 0 fully saturated rings. The molecule has 0 aliphatic carbocycles. The number of aromatic nitrogens is 2. The van der Waals surface area contributed by atoms with E-state index in [1.807, 2.05) is 44.3 Å². The topological polar surface area (TPSA) is 63.9 Å². The first-order chi connectivity index (χ1) is 9.15. The summed E-state index contributed by atoms with van der Waals surface area (Å²) in [4.78, 5) is 7.21. The number of nitrogens with zero attached hydrogens (tertiary/aromatic N) is 1. The van der Waals surface area contributed by atoms with E-state index < -0.39 is 0 Å². The van der Waals surface area contributed by atoms with Crippen LogP contribution in [0.2, 0.25) is 0 Å². The molecule has 4 nitrogen and oxygen atoms in total. The molecule has 1 heterocycles. The molecule has 0 spiro atoms. The van der Waals surface area contributed by atoms with E-state index in [0.717, 1.165) is 22.2 Å². The van der Waals surface area contributed by atoms with Gasteiger partial charge in [-0.2, -0.15) is 0 Å². The van der Waals surface area contributed by atoms with E-state index >= 15 is 0 Å². The maximum Gasteiger partial charge on any atom is 0.165 e. The molecule has 0 saturated heterocycles. The molecular weight excluding hydrogens is 258 g/mol. The van der Waals surface area contributed by atoms with Crippen LogP contribution in [0.4, 0.5) is 0 Å². The van der Waals surface area contributed by atoms with Crippen molar-refractivity contribution in [1.82, 2.24) is 9.97 Å². The van der Waals surface area contributed by atoms with E-state index in [0.29, 0.717) is 0 Å². The molecule has 5 heteroatoms. The first-order valence-corrected chi connectivity index (χ1v) is 7.28. The summed E-state index contributed by atoms with van der Waals surface area (Å²) in [6.45, 7) is 4.03. The molecule has 0 aliphatic rings. The van der Waals surface area contributed by atoms with E-state index in [-0.39, 0.29) is 12.1 Å². The van der Waals surface area contributed by atoms with Crippen LogP contribution >= 0.6 is 11.8 Å². The highest BCUT2D eigenvalue weighted by Crippen LogP contribution is 2.22. The van der Waals surface area contributed by atoms with Crippen LogP contribution in [0.15, 0.2) is 41.8 Å². The molecule has 1 unspecified atom stereocenters. The second kappa shape index (κ2) is 6.63. The van der Waals surface area contributed by atoms with Gasteiger partial charge in [-0.3, -0.25) is 0 Å². The van der Waals surface area contributed by atoms with Crippen LogP contribution in [0.5, 0.6) is 5.75 Å². The zero-order chi connectivity index (χ0) is 13.7. The maximum atomic E-state index is 6.16. The predicted molar refractivity (Wildman–Crippen MR) is 78.4 cm³/mol. The Labute approximate surface area is 117 Å². The first kappa shape index (κ1) is 14.0. The van der Waals surface area contributed by atoms with Crippen molar-refractivity contribution in [2.75, 3.05) is 5.75 Å². The summed E-state index contributed by atoms with van der Waals surface area (Å²) in [6, 6.07) is 7.96. The van der Waals surface area contributed by atoms with Crippen molar-refractivity contribution >= 4 is 11.8 Å². The van der Waals surface area contributed by atoms with Gasteiger partial charge in [0, 0.05) is 24.2 Å². The van der Waals surface area contributed by atoms with Gasteiger partial charge < -0.3 is 15.5 Å². The Hall–Kier alpha value is -1.46. The van der Waals surface area contributed by atoms with Gasteiger partial charge in [0.15, 0.2) is 5.16 Å². The molecule has 0 amide bonds. The van der Waals surface area contributed by atoms with Gasteiger partial charge in [0.05, 0.1) is 6.10 Å². The number of hydrogen-bond acceptors (Lipinski definition) is 4. The SMILES string of the molecule is CC(C)Oc1ccc(C(N)CSc2ncc[nH]2)cc1. The minimum Gasteiger partial charge on any atom is -0.491 e. The number of H-pyrrole nitrogens is 1. The number of ether oxygens (including phenoxy) is 1. The fraction of sp³-hybridized carbons (Fsp3) is 0.357. The van der Waals surface area contributed by atoms with Crippen molar-refractivity contribution in [3.63, 3.8) is 0 Å². The van der Waals surface area contributed by atoms with Crippen LogP contribution in [-0.2, 0) is 0 Å². The van der Waals surface area contributed by atoms with Gasteiger partial charge in [-0.15, -0.1) is 0 Å². The Morgan fingerprint density at radius 1 is 1.32 bits per heavy atom. The van der Waals surface area contributed by atoms with Crippen LogP contribution in [0.25, 0.3) is 0 Å². The van der Waals surface area contributed by atoms with Crippen molar-refractivity contribution in [3.05, 3.63) is 42.2 Å². The summed E-state index contributed by atoms with van der Waals surface area (Å²) in [7, 11) is 0. The predicted octanol–water partition coefficient (Wildman–Crippen LogP) is 2.99. The molecule has 1 atom stereocenters. The van der Waals surface area contributed by atoms with E-state index in [9.17, 15) is 0 Å². The molecule has 1 aromatic carbocycles. The number of benzene rings is 1. The maximum absolute atomic E-state index is 6.16. The largest absolute Gasteiger partial charge is 0.491 e. The first-order valence-electron chi connectivity index (χ1n) is 6.29. The monoisotopic (exact) mass is 277 g/mol. The van der Waals surface area contributed by atoms with Crippen molar-refractivity contribution in [1.29, 1.82) is 0 Å². The zero-order valence-corrected chi connectivity index (χ0v) is 12.0. The summed E-state index contributed by atoms with van der Waals surface area (Å²) < 4.78 is 5.61. The molecule has 2 aromatic rings. The summed E-state index contributed by atoms with van der Waals surface area (Å²) in [6.07, 6.45) is 3.74. The molecule has 0 saturated carbocycles. The summed E-state index contributed by atoms with van der Waals surface area (Å²) in [5, 5.41) is 0.898. The molecule has 0 bridgehead atoms. The molecule has 3 N–H and O–H groups in total. The molecule has 2 rings (SSSR count). The van der Waals surface area contributed by atoms with E-state index in [1.54, 1.807) is 18.0 Å². The molecular formula is C14H19N3OS. The molecule has 102 valence electrons. The number of thioether (sulfide) groups is 1. The number of nitrogens with two attached hydrogens (primary N) is 1. The highest BCUT2D eigenvalue weighted by Gasteiger charge is 2.08. The van der Waals surface area contributed by atoms with Crippen molar-refractivity contribution in [2.24, 2.45) is 5.73 Å². The van der Waals surface area contributed by atoms with Crippen LogP contribution < -0.4 is 10.5 Å². The van der Waals surface area contributed by atoms with Crippen molar-refractivity contribution in [3.8, 4) is 5.75 Å². The Kier molecular flexibility index (Phi) is 4.87. The lowest BCUT2D eigenvalue weighted by atomic mass is 10.1. The highest BCUT2D eigenvalue weighted by molar-refractivity contribution is 7.99. The van der Waals surface area contributed by atoms with Crippen molar-refractivity contribution < 1.29 is 4.74 Å². The summed E-state index contributed by atoms with van der Waals surface area (Å²) >= 11 is 1.62. The van der Waals surface area contributed by atoms with Crippen LogP contribution in [0.1, 0.15) is 25.5 Å². The average Bonchev–Trinajstić information content (AvgIpc) is 2.89. The van der Waals surface area contributed by atoms with Gasteiger partial charge in [0.2, 0.25) is 0 Å². The van der Waals surface area contributed by atoms with E-state index in [1.165, 1.54) is 0 Å². The Morgan fingerprint density at radius 2 is 2.05 bits per heavy atom. The van der Waals surface area contributed by atoms with Gasteiger partial charge in [0.1, 0.15) is 5.75 Å². The van der Waals surface area contributed by atoms with Gasteiger partial charge >= 0.3 is 0 Å². The summed E-state index contributed by atoms with van der Waals surface area (Å²) in [5.41, 5.74) is 7.27. The fourth-order valence-electron chi connectivity index (χ4n) is 1.66. The van der Waals surface area contributed by atoms with Crippen LogP contribution in [-0.4, -0.2) is 21.8 Å². The molecule has 0 radical (unpaired) electrons. The Bertz CT molecular complexity index is 482. The van der Waals surface area contributed by atoms with Gasteiger partial charge in [0.25, 0.3) is 0 Å². The van der Waals surface area contributed by atoms with Gasteiger partial charge in [-0.1, -0.05) is 23.9 Å². The third-order valence-electron chi connectivity index (χ3n) is 2.55. The van der Waals surface area contributed by atoms with Crippen molar-refractivity contribution in [2.45, 2.75) is 31.1 Å². The number of nitrogens with one attached hydrogen (secondary N) is 1. The smallest absolute Gasteiger partial charge is 0.165 e. The number of aromatic amines is 1. The van der Waals surface area contributed by atoms with Crippen LogP contribution in [0.3, 0.4) is 0 Å². The number of hydrogen-bond donors (Lipinski definition) is 2. The average molecular weight is 277 g/mol. The quantitative estimate of drug-likeness (QED) is 0.797. The van der Waals surface area contributed by atoms with E-state index in [2.05, 4.69) is 9.97 Å². The lowest BCUT2D eigenvalue weighted by molar-refractivity contribution is 0.242. The Balaban J connectivity index is 1.90. The minimum absolute atomic E-state index is 0.0109. The molecule has 1 aromatic heterocycles. The van der Waals surface area contributed by atoms with Gasteiger partial charge in [-0.05, 0) is 31.5 Å². The lowest BCUT2D eigenvalue weighted by Gasteiger charge is -2.13. The zero-order valence-electron chi connectivity index (χ0n) is 11.2. The second-order valence-electron chi connectivity index (χ2n) is 4.55. The third-order valence-corrected chi connectivity index (χ3v) is 3.58. The molecule has 0 aliphatic heterocycles. The molecule has 19 heavy (non-hydrogen) atoms. The summed E-state index contributed by atoms with van der Waals surface area (Å²) in [5.74, 6) is 1.67. The third kappa shape index (κ3) is 4.29. The van der Waals surface area contributed by atoms with Crippen LogP contribution in [0, 0.1) is 0 Å². The normalized spacial score (nSPS) is 12.6. The standard InChI is InChI=1S/C14H19N3OS/c1-10(2)18-12-5-3-11(4-6-12)13(15)9-19-14-16-7-8-17-14/h3-8,10,13H,9,15H2,1-2H3,(H,16,17). The van der Waals surface area contributed by atoms with Gasteiger partial charge in [-0.25, -0.2) is 4.98 Å².